The average Bonchev–Trinajstić information content (AvgIpc) is 3.26. The lowest BCUT2D eigenvalue weighted by molar-refractivity contribution is -0.138. The van der Waals surface area contributed by atoms with Crippen molar-refractivity contribution >= 4 is 55.7 Å². The molecule has 36 heavy (non-hydrogen) atoms. The summed E-state index contributed by atoms with van der Waals surface area (Å²) in [6, 6.07) is 12.9. The van der Waals surface area contributed by atoms with Gasteiger partial charge in [-0.25, -0.2) is 13.2 Å². The molecule has 0 spiro atoms. The van der Waals surface area contributed by atoms with E-state index in [1.165, 1.54) is 18.2 Å². The molecule has 0 saturated carbocycles. The van der Waals surface area contributed by atoms with Crippen molar-refractivity contribution in [2.24, 2.45) is 0 Å². The summed E-state index contributed by atoms with van der Waals surface area (Å²) in [5.41, 5.74) is 0.899. The SMILES string of the molecule is CCCCC(C(=O)O)N(c1ccc2c(-c3noc(C)n3)cccc2c1)S(=O)(=O)c1cc(Cl)cc(Cl)c1. The van der Waals surface area contributed by atoms with Gasteiger partial charge in [0.25, 0.3) is 10.0 Å². The Kier molecular flexibility index (Phi) is 7.54. The largest absolute Gasteiger partial charge is 0.480 e. The predicted octanol–water partition coefficient (Wildman–Crippen LogP) is 6.34. The number of rotatable bonds is 9. The number of carbonyl (C=O) groups is 1. The van der Waals surface area contributed by atoms with E-state index in [0.717, 1.165) is 9.69 Å². The number of aromatic nitrogens is 2. The van der Waals surface area contributed by atoms with Gasteiger partial charge in [0, 0.05) is 22.5 Å². The van der Waals surface area contributed by atoms with Gasteiger partial charge < -0.3 is 9.63 Å². The van der Waals surface area contributed by atoms with Gasteiger partial charge in [-0.2, -0.15) is 4.98 Å². The van der Waals surface area contributed by atoms with Crippen molar-refractivity contribution in [1.29, 1.82) is 0 Å². The zero-order chi connectivity index (χ0) is 26.0. The number of aliphatic carboxylic acids is 1. The minimum absolute atomic E-state index is 0.125. The molecular weight excluding hydrogens is 525 g/mol. The maximum atomic E-state index is 13.9. The van der Waals surface area contributed by atoms with Crippen LogP contribution in [0.4, 0.5) is 5.69 Å². The third-order valence-electron chi connectivity index (χ3n) is 5.68. The van der Waals surface area contributed by atoms with E-state index in [2.05, 4.69) is 10.1 Å². The Morgan fingerprint density at radius 1 is 1.11 bits per heavy atom. The predicted molar refractivity (Wildman–Crippen MR) is 139 cm³/mol. The molecule has 0 aliphatic carbocycles. The van der Waals surface area contributed by atoms with Crippen molar-refractivity contribution in [2.75, 3.05) is 4.31 Å². The molecule has 0 bridgehead atoms. The number of carboxylic acid groups (broad SMARTS) is 1. The Morgan fingerprint density at radius 2 is 1.83 bits per heavy atom. The van der Waals surface area contributed by atoms with Gasteiger partial charge in [0.2, 0.25) is 11.7 Å². The van der Waals surface area contributed by atoms with Crippen LogP contribution in [0.5, 0.6) is 0 Å². The zero-order valence-corrected chi connectivity index (χ0v) is 21.8. The van der Waals surface area contributed by atoms with Gasteiger partial charge in [0.15, 0.2) is 0 Å². The molecule has 0 radical (unpaired) electrons. The van der Waals surface area contributed by atoms with Crippen molar-refractivity contribution in [3.05, 3.63) is 70.5 Å². The van der Waals surface area contributed by atoms with Crippen molar-refractivity contribution in [2.45, 2.75) is 44.0 Å². The van der Waals surface area contributed by atoms with Crippen LogP contribution >= 0.6 is 23.2 Å². The summed E-state index contributed by atoms with van der Waals surface area (Å²) in [7, 11) is -4.36. The summed E-state index contributed by atoms with van der Waals surface area (Å²) in [5.74, 6) is -0.442. The highest BCUT2D eigenvalue weighted by Crippen LogP contribution is 2.35. The molecule has 0 fully saturated rings. The molecule has 1 unspecified atom stereocenters. The second-order valence-corrected chi connectivity index (χ2v) is 10.9. The van der Waals surface area contributed by atoms with Gasteiger partial charge in [0.05, 0.1) is 10.6 Å². The Hall–Kier alpha value is -3.14. The summed E-state index contributed by atoms with van der Waals surface area (Å²) in [6.07, 6.45) is 1.35. The number of hydrogen-bond acceptors (Lipinski definition) is 6. The molecule has 1 N–H and O–H groups in total. The number of halogens is 2. The second kappa shape index (κ2) is 10.5. The van der Waals surface area contributed by atoms with E-state index in [1.54, 1.807) is 37.3 Å². The highest BCUT2D eigenvalue weighted by atomic mass is 35.5. The van der Waals surface area contributed by atoms with Crippen LogP contribution in [0.1, 0.15) is 32.1 Å². The smallest absolute Gasteiger partial charge is 0.327 e. The Morgan fingerprint density at radius 3 is 2.44 bits per heavy atom. The first-order chi connectivity index (χ1) is 17.1. The molecule has 1 aromatic heterocycles. The van der Waals surface area contributed by atoms with Crippen LogP contribution in [0, 0.1) is 6.92 Å². The second-order valence-electron chi connectivity index (χ2n) is 8.25. The van der Waals surface area contributed by atoms with Gasteiger partial charge in [0.1, 0.15) is 6.04 Å². The van der Waals surface area contributed by atoms with Crippen molar-refractivity contribution in [1.82, 2.24) is 10.1 Å². The normalized spacial score (nSPS) is 12.6. The van der Waals surface area contributed by atoms with Crippen molar-refractivity contribution in [3.63, 3.8) is 0 Å². The molecule has 188 valence electrons. The standard InChI is InChI=1S/C25H23Cl2N3O5S/c1-3-4-8-23(25(31)32)30(36(33,34)20-13-17(26)12-18(27)14-20)19-9-10-21-16(11-19)6-5-7-22(21)24-28-15(2)35-29-24/h5-7,9-14,23H,3-4,8H2,1-2H3,(H,31,32). The Labute approximate surface area is 218 Å². The van der Waals surface area contributed by atoms with Gasteiger partial charge in [-0.15, -0.1) is 0 Å². The number of carboxylic acids is 1. The average molecular weight is 548 g/mol. The number of benzene rings is 3. The van der Waals surface area contributed by atoms with Crippen LogP contribution in [0.25, 0.3) is 22.2 Å². The number of anilines is 1. The highest BCUT2D eigenvalue weighted by Gasteiger charge is 2.36. The minimum Gasteiger partial charge on any atom is -0.480 e. The topological polar surface area (TPSA) is 114 Å². The van der Waals surface area contributed by atoms with Crippen LogP contribution in [-0.4, -0.2) is 35.7 Å². The monoisotopic (exact) mass is 547 g/mol. The van der Waals surface area contributed by atoms with E-state index < -0.39 is 22.0 Å². The summed E-state index contributed by atoms with van der Waals surface area (Å²) in [5, 5.41) is 15.7. The van der Waals surface area contributed by atoms with Crippen LogP contribution in [0.15, 0.2) is 64.0 Å². The first kappa shape index (κ1) is 25.9. The third kappa shape index (κ3) is 5.18. The molecule has 0 saturated heterocycles. The summed E-state index contributed by atoms with van der Waals surface area (Å²) < 4.78 is 33.8. The van der Waals surface area contributed by atoms with E-state index in [4.69, 9.17) is 27.7 Å². The van der Waals surface area contributed by atoms with Crippen LogP contribution in [-0.2, 0) is 14.8 Å². The van der Waals surface area contributed by atoms with Crippen LogP contribution in [0.2, 0.25) is 10.0 Å². The van der Waals surface area contributed by atoms with Gasteiger partial charge in [-0.1, -0.05) is 72.4 Å². The van der Waals surface area contributed by atoms with E-state index in [1.807, 2.05) is 13.0 Å². The van der Waals surface area contributed by atoms with Crippen LogP contribution < -0.4 is 4.31 Å². The Bertz CT molecular complexity index is 1520. The fraction of sp³-hybridized carbons (Fsp3) is 0.240. The lowest BCUT2D eigenvalue weighted by Crippen LogP contribution is -2.45. The van der Waals surface area contributed by atoms with Crippen molar-refractivity contribution < 1.29 is 22.8 Å². The lowest BCUT2D eigenvalue weighted by Gasteiger charge is -2.30. The number of fused-ring (bicyclic) bond motifs is 1. The molecule has 0 aliphatic rings. The minimum atomic E-state index is -4.36. The van der Waals surface area contributed by atoms with E-state index >= 15 is 0 Å². The fourth-order valence-corrected chi connectivity index (χ4v) is 6.38. The summed E-state index contributed by atoms with van der Waals surface area (Å²) in [6.45, 7) is 3.60. The van der Waals surface area contributed by atoms with Crippen molar-refractivity contribution in [3.8, 4) is 11.4 Å². The molecule has 3 aromatic carbocycles. The third-order valence-corrected chi connectivity index (χ3v) is 7.93. The molecule has 0 amide bonds. The van der Waals surface area contributed by atoms with Gasteiger partial charge in [-0.3, -0.25) is 4.31 Å². The number of hydrogen-bond donors (Lipinski definition) is 1. The quantitative estimate of drug-likeness (QED) is 0.260. The molecular formula is C25H23Cl2N3O5S. The number of sulfonamides is 1. The summed E-state index contributed by atoms with van der Waals surface area (Å²) >= 11 is 12.2. The van der Waals surface area contributed by atoms with Crippen LogP contribution in [0.3, 0.4) is 0 Å². The van der Waals surface area contributed by atoms with Gasteiger partial charge >= 0.3 is 5.97 Å². The maximum absolute atomic E-state index is 13.9. The first-order valence-corrected chi connectivity index (χ1v) is 13.4. The maximum Gasteiger partial charge on any atom is 0.327 e. The Balaban J connectivity index is 1.91. The summed E-state index contributed by atoms with van der Waals surface area (Å²) in [4.78, 5) is 16.4. The molecule has 4 rings (SSSR count). The molecule has 11 heteroatoms. The zero-order valence-electron chi connectivity index (χ0n) is 19.5. The first-order valence-electron chi connectivity index (χ1n) is 11.2. The van der Waals surface area contributed by atoms with E-state index in [0.29, 0.717) is 35.5 Å². The molecule has 8 nitrogen and oxygen atoms in total. The molecule has 1 atom stereocenters. The molecule has 4 aromatic rings. The fourth-order valence-electron chi connectivity index (χ4n) is 4.03. The molecule has 1 heterocycles. The number of unbranched alkanes of at least 4 members (excludes halogenated alkanes) is 1. The van der Waals surface area contributed by atoms with Gasteiger partial charge in [-0.05, 0) is 47.5 Å². The number of nitrogens with zero attached hydrogens (tertiary/aromatic N) is 3. The van der Waals surface area contributed by atoms with E-state index in [9.17, 15) is 18.3 Å². The number of aryl methyl sites for hydroxylation is 1. The lowest BCUT2D eigenvalue weighted by atomic mass is 10.0. The molecule has 0 aliphatic heterocycles. The highest BCUT2D eigenvalue weighted by molar-refractivity contribution is 7.93. The van der Waals surface area contributed by atoms with E-state index in [-0.39, 0.29) is 27.0 Å².